The van der Waals surface area contributed by atoms with Crippen molar-refractivity contribution in [2.24, 2.45) is 20.5 Å². The second kappa shape index (κ2) is 20.4. The summed E-state index contributed by atoms with van der Waals surface area (Å²) in [5.41, 5.74) is -0.735. The predicted octanol–water partition coefficient (Wildman–Crippen LogP) is 7.92. The number of nitro groups is 2. The number of ether oxygens (including phenoxy) is 1. The average Bonchev–Trinajstić information content (AvgIpc) is 3.25. The summed E-state index contributed by atoms with van der Waals surface area (Å²) in [5.74, 6) is -1.13. The van der Waals surface area contributed by atoms with Gasteiger partial charge in [-0.2, -0.15) is 10.5 Å². The number of phenols is 2. The summed E-state index contributed by atoms with van der Waals surface area (Å²) in [6, 6.07) is 28.2. The van der Waals surface area contributed by atoms with Gasteiger partial charge in [0.15, 0.2) is 11.4 Å². The molecule has 62 heavy (non-hydrogen) atoms. The first-order chi connectivity index (χ1) is 29.2. The van der Waals surface area contributed by atoms with Gasteiger partial charge in [0.25, 0.3) is 22.5 Å². The first-order valence-electron chi connectivity index (χ1n) is 17.6. The Hall–Kier alpha value is -8.53. The van der Waals surface area contributed by atoms with Gasteiger partial charge in [0.1, 0.15) is 46.1 Å². The third-order valence-electron chi connectivity index (χ3n) is 8.93. The minimum Gasteiger partial charge on any atom is -0.506 e. The summed E-state index contributed by atoms with van der Waals surface area (Å²) in [6.45, 7) is 3.07. The molecule has 6 aromatic rings. The van der Waals surface area contributed by atoms with Crippen LogP contribution < -0.4 is 15.9 Å². The van der Waals surface area contributed by atoms with E-state index in [2.05, 4.69) is 20.5 Å². The van der Waals surface area contributed by atoms with Crippen LogP contribution in [0.25, 0.3) is 0 Å². The molecule has 0 amide bonds. The van der Waals surface area contributed by atoms with Gasteiger partial charge in [-0.25, -0.2) is 0 Å². The van der Waals surface area contributed by atoms with Crippen molar-refractivity contribution < 1.29 is 46.7 Å². The number of pyridine rings is 2. The van der Waals surface area contributed by atoms with Crippen molar-refractivity contribution in [3.8, 4) is 35.4 Å². The minimum atomic E-state index is -0.687. The summed E-state index contributed by atoms with van der Waals surface area (Å²) < 4.78 is 7.67. The molecule has 0 spiro atoms. The molecule has 0 atom stereocenters. The Morgan fingerprint density at radius 1 is 0.645 bits per heavy atom. The maximum atomic E-state index is 12.9. The Morgan fingerprint density at radius 2 is 1.05 bits per heavy atom. The number of phenolic OH excluding ortho intramolecular Hbond substituents is 2. The molecule has 0 saturated heterocycles. The van der Waals surface area contributed by atoms with E-state index < -0.39 is 26.8 Å². The van der Waals surface area contributed by atoms with Gasteiger partial charge in [0.05, 0.1) is 30.0 Å². The fraction of sp³-hybridized carbons (Fsp3) is 0.122. The molecule has 20 nitrogen and oxygen atoms in total. The molecule has 4 aromatic carbocycles. The van der Waals surface area contributed by atoms with Gasteiger partial charge in [0, 0.05) is 52.2 Å². The molecule has 1 radical (unpaired) electrons. The van der Waals surface area contributed by atoms with Gasteiger partial charge < -0.3 is 20.1 Å². The standard InChI is InChI=1S/C21H17N5O5.C20H15N5O5.Co/c1-13-16(11-22)20(28)25(12-14-6-4-3-5-7-14)21(31-2)19(13)24-23-17-10-15(26(29)30)8-9-18(17)27;1-12-15(10-21)19(27)24(11-13-5-3-2-4-6-13)20(28)18(12)23-22-16-9-14(25(29)30)7-8-17(16)26;/h3-10,27H,12H2,1-2H3;2-9,26,28H,11H2,1H3;. The van der Waals surface area contributed by atoms with E-state index in [4.69, 9.17) is 4.74 Å². The van der Waals surface area contributed by atoms with E-state index in [-0.39, 0.29) is 104 Å². The number of nitro benzene ring substituents is 2. The molecule has 0 unspecified atom stereocenters. The van der Waals surface area contributed by atoms with Crippen molar-refractivity contribution >= 4 is 34.1 Å². The molecule has 6 rings (SSSR count). The first kappa shape index (κ1) is 46.2. The van der Waals surface area contributed by atoms with Crippen molar-refractivity contribution in [1.82, 2.24) is 9.13 Å². The van der Waals surface area contributed by atoms with Crippen molar-refractivity contribution in [2.75, 3.05) is 7.11 Å². The fourth-order valence-corrected chi connectivity index (χ4v) is 5.75. The quantitative estimate of drug-likeness (QED) is 0.0635. The zero-order chi connectivity index (χ0) is 44.4. The van der Waals surface area contributed by atoms with Crippen LogP contribution in [-0.4, -0.2) is 41.4 Å². The molecule has 21 heteroatoms. The van der Waals surface area contributed by atoms with E-state index in [0.29, 0.717) is 5.56 Å². The fourth-order valence-electron chi connectivity index (χ4n) is 5.75. The normalized spacial score (nSPS) is 10.6. The maximum absolute atomic E-state index is 12.9. The molecular weight excluding hydrogens is 851 g/mol. The van der Waals surface area contributed by atoms with Crippen LogP contribution in [0, 0.1) is 56.7 Å². The number of rotatable bonds is 11. The molecule has 3 N–H and O–H groups in total. The van der Waals surface area contributed by atoms with Crippen LogP contribution in [0.15, 0.2) is 127 Å². The number of nitrogens with zero attached hydrogens (tertiary/aromatic N) is 10. The summed E-state index contributed by atoms with van der Waals surface area (Å²) in [6.07, 6.45) is 0. The minimum absolute atomic E-state index is 0. The van der Waals surface area contributed by atoms with Gasteiger partial charge in [0.2, 0.25) is 11.8 Å². The number of azo groups is 2. The van der Waals surface area contributed by atoms with Gasteiger partial charge in [-0.05, 0) is 37.1 Å². The predicted molar refractivity (Wildman–Crippen MR) is 217 cm³/mol. The largest absolute Gasteiger partial charge is 0.506 e. The molecule has 0 bridgehead atoms. The summed E-state index contributed by atoms with van der Waals surface area (Å²) >= 11 is 0. The Bertz CT molecular complexity index is 2940. The van der Waals surface area contributed by atoms with E-state index in [1.54, 1.807) is 36.4 Å². The topological polar surface area (TPSA) is 297 Å². The monoisotopic (exact) mass is 883 g/mol. The number of methoxy groups -OCH3 is 1. The average molecular weight is 884 g/mol. The van der Waals surface area contributed by atoms with Crippen molar-refractivity contribution in [2.45, 2.75) is 26.9 Å². The summed E-state index contributed by atoms with van der Waals surface area (Å²) in [4.78, 5) is 46.1. The van der Waals surface area contributed by atoms with Crippen LogP contribution in [0.1, 0.15) is 33.4 Å². The molecule has 0 aliphatic rings. The zero-order valence-electron chi connectivity index (χ0n) is 32.7. The van der Waals surface area contributed by atoms with E-state index in [1.165, 1.54) is 25.5 Å². The van der Waals surface area contributed by atoms with E-state index in [0.717, 1.165) is 46.5 Å². The molecule has 0 aliphatic heterocycles. The van der Waals surface area contributed by atoms with E-state index >= 15 is 0 Å². The number of hydrogen-bond acceptors (Lipinski definition) is 16. The van der Waals surface area contributed by atoms with E-state index in [1.807, 2.05) is 36.4 Å². The van der Waals surface area contributed by atoms with E-state index in [9.17, 15) is 55.7 Å². The Balaban J connectivity index is 0.000000268. The number of hydrogen-bond donors (Lipinski definition) is 3. The molecule has 0 aliphatic carbocycles. The third-order valence-corrected chi connectivity index (χ3v) is 8.93. The second-order valence-electron chi connectivity index (χ2n) is 12.8. The Labute approximate surface area is 360 Å². The number of aromatic nitrogens is 2. The van der Waals surface area contributed by atoms with Gasteiger partial charge >= 0.3 is 0 Å². The van der Waals surface area contributed by atoms with Crippen molar-refractivity contribution in [3.63, 3.8) is 0 Å². The van der Waals surface area contributed by atoms with Gasteiger partial charge in [-0.3, -0.25) is 39.0 Å². The molecular formula is C41H32CoN10O10. The van der Waals surface area contributed by atoms with Crippen LogP contribution in [-0.2, 0) is 29.9 Å². The van der Waals surface area contributed by atoms with Crippen LogP contribution in [0.4, 0.5) is 34.1 Å². The van der Waals surface area contributed by atoms with Gasteiger partial charge in [-0.15, -0.1) is 20.5 Å². The molecule has 315 valence electrons. The number of benzene rings is 4. The molecule has 2 heterocycles. The van der Waals surface area contributed by atoms with Crippen LogP contribution in [0.3, 0.4) is 0 Å². The van der Waals surface area contributed by atoms with Crippen LogP contribution >= 0.6 is 0 Å². The molecule has 0 fully saturated rings. The number of nitriles is 2. The number of non-ortho nitro benzene ring substituents is 2. The molecule has 2 aromatic heterocycles. The summed E-state index contributed by atoms with van der Waals surface area (Å²) in [5, 5.41) is 87.0. The molecule has 0 saturated carbocycles. The Morgan fingerprint density at radius 3 is 1.47 bits per heavy atom. The van der Waals surface area contributed by atoms with Crippen LogP contribution in [0.2, 0.25) is 0 Å². The van der Waals surface area contributed by atoms with Crippen LogP contribution in [0.5, 0.6) is 23.3 Å². The SMILES string of the molecule is COc1c(N=Nc2cc([N+](=O)[O-])ccc2O)c(C)c(C#N)c(=O)n1Cc1ccccc1.Cc1c(N=Nc2cc([N+](=O)[O-])ccc2O)c(O)n(Cc2ccccc2)c(=O)c1C#N.[Co]. The maximum Gasteiger partial charge on any atom is 0.271 e. The summed E-state index contributed by atoms with van der Waals surface area (Å²) in [7, 11) is 1.35. The van der Waals surface area contributed by atoms with Crippen molar-refractivity contribution in [1.29, 1.82) is 10.5 Å². The number of aromatic hydroxyl groups is 3. The Kier molecular flexibility index (Phi) is 15.2. The smallest absolute Gasteiger partial charge is 0.271 e. The van der Waals surface area contributed by atoms with Gasteiger partial charge in [-0.1, -0.05) is 60.7 Å². The second-order valence-corrected chi connectivity index (χ2v) is 12.8. The van der Waals surface area contributed by atoms with Crippen molar-refractivity contribution in [3.05, 3.63) is 171 Å². The third kappa shape index (κ3) is 10.2. The zero-order valence-corrected chi connectivity index (χ0v) is 33.7. The first-order valence-corrected chi connectivity index (χ1v) is 17.6.